The van der Waals surface area contributed by atoms with Crippen LogP contribution in [0.2, 0.25) is 10.0 Å². The van der Waals surface area contributed by atoms with E-state index in [1.54, 1.807) is 0 Å². The molecule has 0 bridgehead atoms. The van der Waals surface area contributed by atoms with Crippen LogP contribution in [-0.4, -0.2) is 68.5 Å². The van der Waals surface area contributed by atoms with E-state index in [0.29, 0.717) is 57.5 Å². The van der Waals surface area contributed by atoms with Crippen LogP contribution in [0.3, 0.4) is 0 Å². The van der Waals surface area contributed by atoms with E-state index in [0.717, 1.165) is 0 Å². The van der Waals surface area contributed by atoms with Crippen LogP contribution in [0, 0.1) is 5.92 Å². The molecule has 1 saturated carbocycles. The van der Waals surface area contributed by atoms with Crippen LogP contribution in [0.15, 0.2) is 18.1 Å². The molecule has 2 amide bonds. The SMILES string of the molecule is [2H]c1c([2H])c(Cl)c(Cl)c(N2CCN(CC([2H])([2H])C3CCC(NC(=O)N(C([2H])([2H])[2H])C([2H])([2H])[2H])CC3)CC2)c1[2H]. The highest BCUT2D eigenvalue weighted by molar-refractivity contribution is 6.43. The molecule has 1 aliphatic heterocycles. The number of urea groups is 1. The Morgan fingerprint density at radius 3 is 2.64 bits per heavy atom. The van der Waals surface area contributed by atoms with Crippen molar-refractivity contribution in [2.75, 3.05) is 51.6 Å². The second-order valence-corrected chi connectivity index (χ2v) is 7.91. The van der Waals surface area contributed by atoms with Crippen molar-refractivity contribution in [2.45, 2.75) is 38.1 Å². The smallest absolute Gasteiger partial charge is 0.317 e. The lowest BCUT2D eigenvalue weighted by Crippen LogP contribution is -2.47. The predicted octanol–water partition coefficient (Wildman–Crippen LogP) is 4.34. The largest absolute Gasteiger partial charge is 0.368 e. The Morgan fingerprint density at radius 1 is 1.25 bits per heavy atom. The average molecular weight is 438 g/mol. The topological polar surface area (TPSA) is 38.8 Å². The summed E-state index contributed by atoms with van der Waals surface area (Å²) in [6.45, 7) is -4.20. The number of nitrogens with zero attached hydrogens (tertiary/aromatic N) is 3. The van der Waals surface area contributed by atoms with Crippen molar-refractivity contribution >= 4 is 34.9 Å². The van der Waals surface area contributed by atoms with Gasteiger partial charge in [-0.3, -0.25) is 4.90 Å². The number of hydrogen-bond donors (Lipinski definition) is 1. The Kier molecular flexibility index (Phi) is 4.05. The number of amides is 2. The third kappa shape index (κ3) is 5.68. The van der Waals surface area contributed by atoms with Crippen LogP contribution in [0.5, 0.6) is 0 Å². The Bertz CT molecular complexity index is 1010. The minimum Gasteiger partial charge on any atom is -0.368 e. The highest BCUT2D eigenvalue weighted by Crippen LogP contribution is 2.33. The van der Waals surface area contributed by atoms with Crippen molar-refractivity contribution in [3.63, 3.8) is 0 Å². The Balaban J connectivity index is 1.54. The fourth-order valence-corrected chi connectivity index (χ4v) is 4.00. The third-order valence-corrected chi connectivity index (χ3v) is 6.05. The third-order valence-electron chi connectivity index (χ3n) is 5.30. The Labute approximate surface area is 194 Å². The maximum Gasteiger partial charge on any atom is 0.317 e. The number of rotatable bonds is 5. The normalized spacial score (nSPS) is 30.6. The molecule has 1 N–H and O–H groups in total. The zero-order valence-electron chi connectivity index (χ0n) is 26.5. The van der Waals surface area contributed by atoms with Crippen LogP contribution >= 0.6 is 23.2 Å². The molecule has 1 aliphatic carbocycles. The first kappa shape index (κ1) is 11.3. The van der Waals surface area contributed by atoms with Crippen molar-refractivity contribution in [3.8, 4) is 0 Å². The fourth-order valence-electron chi connectivity index (χ4n) is 3.65. The summed E-state index contributed by atoms with van der Waals surface area (Å²) in [5.41, 5.74) is 0.307. The second kappa shape index (κ2) is 10.0. The van der Waals surface area contributed by atoms with Gasteiger partial charge in [-0.05, 0) is 56.6 Å². The highest BCUT2D eigenvalue weighted by Gasteiger charge is 2.24. The summed E-state index contributed by atoms with van der Waals surface area (Å²) in [6.07, 6.45) is 0.144. The van der Waals surface area contributed by atoms with Crippen molar-refractivity contribution in [1.29, 1.82) is 0 Å². The van der Waals surface area contributed by atoms with Gasteiger partial charge in [0.15, 0.2) is 0 Å². The van der Waals surface area contributed by atoms with Gasteiger partial charge >= 0.3 is 6.03 Å². The summed E-state index contributed by atoms with van der Waals surface area (Å²) in [5, 5.41) is 2.49. The monoisotopic (exact) mass is 437 g/mol. The molecule has 28 heavy (non-hydrogen) atoms. The molecular weight excluding hydrogens is 395 g/mol. The number of benzene rings is 1. The van der Waals surface area contributed by atoms with Gasteiger partial charge in [0.25, 0.3) is 0 Å². The van der Waals surface area contributed by atoms with Crippen LogP contribution in [-0.2, 0) is 0 Å². The second-order valence-electron chi connectivity index (χ2n) is 7.15. The quantitative estimate of drug-likeness (QED) is 0.744. The van der Waals surface area contributed by atoms with E-state index in [9.17, 15) is 4.79 Å². The Morgan fingerprint density at radius 2 is 1.96 bits per heavy atom. The van der Waals surface area contributed by atoms with Gasteiger partial charge in [0.05, 0.1) is 19.8 Å². The lowest BCUT2D eigenvalue weighted by molar-refractivity contribution is 0.194. The first-order valence-corrected chi connectivity index (χ1v) is 10.1. The molecule has 0 aromatic heterocycles. The van der Waals surface area contributed by atoms with E-state index in [-0.39, 0.29) is 45.5 Å². The number of anilines is 1. The van der Waals surface area contributed by atoms with Gasteiger partial charge in [-0.25, -0.2) is 4.79 Å². The number of nitrogens with one attached hydrogen (secondary N) is 1. The molecule has 156 valence electrons. The number of carbonyl (C=O) groups is 1. The van der Waals surface area contributed by atoms with Crippen molar-refractivity contribution in [2.24, 2.45) is 5.92 Å². The van der Waals surface area contributed by atoms with Crippen LogP contribution in [0.25, 0.3) is 0 Å². The van der Waals surface area contributed by atoms with Gasteiger partial charge in [0.1, 0.15) is 0 Å². The number of carbonyl (C=O) groups excluding carboxylic acids is 1. The summed E-state index contributed by atoms with van der Waals surface area (Å²) in [7, 11) is 0. The van der Waals surface area contributed by atoms with Gasteiger partial charge in [0.2, 0.25) is 0 Å². The minimum absolute atomic E-state index is 0.0659. The van der Waals surface area contributed by atoms with Crippen molar-refractivity contribution in [1.82, 2.24) is 15.1 Å². The molecule has 1 aromatic rings. The van der Waals surface area contributed by atoms with Crippen LogP contribution in [0.1, 0.15) is 47.1 Å². The molecule has 1 saturated heterocycles. The summed E-state index contributed by atoms with van der Waals surface area (Å²) in [5.74, 6) is -0.298. The molecule has 2 fully saturated rings. The average Bonchev–Trinajstić information content (AvgIpc) is 2.81. The zero-order chi connectivity index (χ0) is 29.5. The van der Waals surface area contributed by atoms with Gasteiger partial charge in [0, 0.05) is 57.1 Å². The maximum absolute atomic E-state index is 12.4. The molecule has 3 rings (SSSR count). The first-order chi connectivity index (χ1) is 17.8. The van der Waals surface area contributed by atoms with E-state index in [4.69, 9.17) is 38.3 Å². The fraction of sp³-hybridized carbons (Fsp3) is 0.667. The summed E-state index contributed by atoms with van der Waals surface area (Å²) >= 11 is 12.4. The lowest BCUT2D eigenvalue weighted by Gasteiger charge is -2.37. The summed E-state index contributed by atoms with van der Waals surface area (Å²) in [4.78, 5) is 16.1. The molecule has 7 heteroatoms. The molecule has 5 nitrogen and oxygen atoms in total. The van der Waals surface area contributed by atoms with Gasteiger partial charge in [-0.1, -0.05) is 29.2 Å². The van der Waals surface area contributed by atoms with E-state index in [2.05, 4.69) is 5.32 Å². The molecule has 2 aliphatic rings. The molecule has 0 spiro atoms. The summed E-state index contributed by atoms with van der Waals surface area (Å²) in [6, 6.07) is -2.39. The van der Waals surface area contributed by atoms with Crippen LogP contribution < -0.4 is 10.2 Å². The van der Waals surface area contributed by atoms with Crippen molar-refractivity contribution < 1.29 is 19.9 Å². The van der Waals surface area contributed by atoms with E-state index in [1.807, 2.05) is 9.80 Å². The van der Waals surface area contributed by atoms with Crippen LogP contribution in [0.4, 0.5) is 10.5 Å². The van der Waals surface area contributed by atoms with E-state index >= 15 is 0 Å². The molecular formula is C21H32Cl2N4O. The minimum atomic E-state index is -3.12. The number of piperazine rings is 1. The zero-order valence-corrected chi connectivity index (χ0v) is 17.0. The molecule has 1 aromatic carbocycles. The lowest BCUT2D eigenvalue weighted by atomic mass is 9.84. The molecule has 1 heterocycles. The molecule has 0 atom stereocenters. The molecule has 0 unspecified atom stereocenters. The first-order valence-electron chi connectivity index (χ1n) is 14.9. The highest BCUT2D eigenvalue weighted by atomic mass is 35.5. The predicted molar refractivity (Wildman–Crippen MR) is 118 cm³/mol. The van der Waals surface area contributed by atoms with E-state index in [1.165, 1.54) is 0 Å². The number of halogens is 2. The summed E-state index contributed by atoms with van der Waals surface area (Å²) < 4.78 is 85.7. The van der Waals surface area contributed by atoms with E-state index < -0.39 is 32.4 Å². The molecule has 0 radical (unpaired) electrons. The standard InChI is InChI=1S/C21H32Cl2N4O/c1-25(2)21(28)24-17-8-6-16(7-9-17)10-11-26-12-14-27(15-13-26)19-5-3-4-18(22)20(19)23/h3-5,16-17H,6-15H2,1-2H3,(H,24,28)/i1D3,2D3,3D,4D,5D,10D2. The van der Waals surface area contributed by atoms with Crippen molar-refractivity contribution in [3.05, 3.63) is 28.2 Å². The van der Waals surface area contributed by atoms with Gasteiger partial charge in [-0.15, -0.1) is 0 Å². The maximum atomic E-state index is 12.4. The Hall–Kier alpha value is -1.17. The van der Waals surface area contributed by atoms with Gasteiger partial charge in [-0.2, -0.15) is 0 Å². The van der Waals surface area contributed by atoms with Gasteiger partial charge < -0.3 is 15.1 Å². The number of hydrogen-bond acceptors (Lipinski definition) is 3.